The molecule has 0 bridgehead atoms. The van der Waals surface area contributed by atoms with Crippen LogP contribution in [0.2, 0.25) is 0 Å². The predicted octanol–water partition coefficient (Wildman–Crippen LogP) is -9.23. The minimum Gasteiger partial charge on any atom is -0.508 e. The van der Waals surface area contributed by atoms with Crippen molar-refractivity contribution in [2.75, 3.05) is 19.8 Å². The molecule has 0 aliphatic heterocycles. The number of nitrogens with two attached hydrogens (primary N) is 4. The van der Waals surface area contributed by atoms with E-state index in [1.165, 1.54) is 31.2 Å². The zero-order chi connectivity index (χ0) is 65.0. The molecule has 13 amide bonds. The summed E-state index contributed by atoms with van der Waals surface area (Å²) in [6.45, 7) is 4.31. The van der Waals surface area contributed by atoms with Crippen LogP contribution >= 0.6 is 0 Å². The molecule has 0 saturated heterocycles. The normalized spacial score (nSPS) is 15.2. The maximum absolute atomic E-state index is 14.0. The van der Waals surface area contributed by atoms with E-state index in [1.54, 1.807) is 20.8 Å². The third-order valence-corrected chi connectivity index (χ3v) is 12.4. The molecule has 35 heteroatoms. The van der Waals surface area contributed by atoms with Gasteiger partial charge in [0.1, 0.15) is 72.2 Å². The van der Waals surface area contributed by atoms with E-state index in [9.17, 15) is 97.5 Å². The molecule has 1 aromatic rings. The fourth-order valence-electron chi connectivity index (χ4n) is 7.54. The van der Waals surface area contributed by atoms with Crippen LogP contribution in [0.5, 0.6) is 5.75 Å². The lowest BCUT2D eigenvalue weighted by molar-refractivity contribution is -0.144. The van der Waals surface area contributed by atoms with Crippen molar-refractivity contribution in [2.24, 2.45) is 34.8 Å². The molecule has 0 spiro atoms. The standard InChI is InChI=1S/C50H78N14O21/c1-6-22(4)39(64-46(80)31(17-38(72)73)60-42(76)27(11-12-35(52)69)56-47(81)33(19-66)62-40(74)23(5)55-41(75)26(51)18-65)49(83)63-34(20-67)48(82)59-30(15-36(53)70)45(79)58-29(14-24-7-9-25(68)10-8-24)44(78)57-28(13-21(2)3)43(77)61-32(50(84)85)16-37(54)71/h7-10,21-23,26-34,39,65-68H,6,11-20,51H2,1-5H3,(H2,52,69)(H2,53,70)(H2,54,71)(H,55,75)(H,56,81)(H,57,78)(H,58,79)(H,59,82)(H,60,76)(H,61,77)(H,62,74)(H,63,83)(H,64,80)(H,72,73)(H,84,85)/t22-,23-,26-,27-,28-,29-,30-,31-,32-,33-,34-,39-/m0/s1. The van der Waals surface area contributed by atoms with E-state index in [1.807, 2.05) is 0 Å². The Morgan fingerprint density at radius 3 is 1.34 bits per heavy atom. The van der Waals surface area contributed by atoms with Crippen LogP contribution in [0.1, 0.15) is 85.1 Å². The van der Waals surface area contributed by atoms with Gasteiger partial charge < -0.3 is 107 Å². The van der Waals surface area contributed by atoms with Crippen LogP contribution in [0, 0.1) is 11.8 Å². The van der Waals surface area contributed by atoms with Gasteiger partial charge >= 0.3 is 11.9 Å². The number of rotatable bonds is 39. The van der Waals surface area contributed by atoms with Gasteiger partial charge in [-0.1, -0.05) is 46.2 Å². The average Bonchev–Trinajstić information content (AvgIpc) is 3.63. The van der Waals surface area contributed by atoms with Gasteiger partial charge in [0, 0.05) is 12.8 Å². The summed E-state index contributed by atoms with van der Waals surface area (Å²) in [4.78, 5) is 194. The smallest absolute Gasteiger partial charge is 0.326 e. The van der Waals surface area contributed by atoms with Crippen LogP contribution < -0.4 is 76.1 Å². The van der Waals surface area contributed by atoms with E-state index in [0.29, 0.717) is 5.56 Å². The van der Waals surface area contributed by atoms with E-state index < -0.39 is 219 Å². The summed E-state index contributed by atoms with van der Waals surface area (Å²) in [6.07, 6.45) is -4.63. The van der Waals surface area contributed by atoms with Crippen LogP contribution in [0.4, 0.5) is 0 Å². The minimum atomic E-state index is -2.08. The molecular weight excluding hydrogens is 1130 g/mol. The molecule has 0 aliphatic carbocycles. The number of aliphatic hydroxyl groups is 3. The van der Waals surface area contributed by atoms with Crippen molar-refractivity contribution in [3.63, 3.8) is 0 Å². The fraction of sp³-hybridized carbons (Fsp3) is 0.580. The molecule has 1 rings (SSSR count). The number of phenolic OH excluding ortho intramolecular Hbond substituents is 1. The number of carbonyl (C=O) groups is 15. The molecule has 0 unspecified atom stereocenters. The van der Waals surface area contributed by atoms with E-state index in [4.69, 9.17) is 28.0 Å². The molecule has 35 nitrogen and oxygen atoms in total. The topological polar surface area (TPSA) is 602 Å². The Kier molecular flexibility index (Phi) is 31.7. The number of aliphatic hydroxyl groups excluding tert-OH is 3. The third kappa shape index (κ3) is 26.8. The number of aliphatic carboxylic acids is 2. The number of nitrogens with one attached hydrogen (secondary N) is 10. The fourth-order valence-corrected chi connectivity index (χ4v) is 7.54. The molecule has 12 atom stereocenters. The minimum absolute atomic E-state index is 0.0796. The maximum atomic E-state index is 14.0. The molecule has 0 aliphatic rings. The number of hydrogen-bond donors (Lipinski definition) is 20. The van der Waals surface area contributed by atoms with Crippen molar-refractivity contribution >= 4 is 88.7 Å². The largest absolute Gasteiger partial charge is 0.508 e. The van der Waals surface area contributed by atoms with Crippen molar-refractivity contribution in [1.29, 1.82) is 0 Å². The van der Waals surface area contributed by atoms with Crippen molar-refractivity contribution in [3.8, 4) is 5.75 Å². The third-order valence-electron chi connectivity index (χ3n) is 12.4. The first kappa shape index (κ1) is 73.9. The van der Waals surface area contributed by atoms with E-state index in [2.05, 4.69) is 53.2 Å². The van der Waals surface area contributed by atoms with E-state index in [0.717, 1.165) is 6.92 Å². The van der Waals surface area contributed by atoms with Gasteiger partial charge in [-0.3, -0.25) is 67.1 Å². The summed E-state index contributed by atoms with van der Waals surface area (Å²) in [7, 11) is 0. The molecule has 474 valence electrons. The predicted molar refractivity (Wildman–Crippen MR) is 291 cm³/mol. The first-order valence-corrected chi connectivity index (χ1v) is 26.4. The monoisotopic (exact) mass is 1210 g/mol. The van der Waals surface area contributed by atoms with Crippen LogP contribution in [-0.4, -0.2) is 206 Å². The van der Waals surface area contributed by atoms with Crippen LogP contribution in [0.15, 0.2) is 24.3 Å². The summed E-state index contributed by atoms with van der Waals surface area (Å²) in [5.41, 5.74) is 21.5. The highest BCUT2D eigenvalue weighted by atomic mass is 16.4. The first-order valence-electron chi connectivity index (χ1n) is 26.4. The Labute approximate surface area is 486 Å². The van der Waals surface area contributed by atoms with Gasteiger partial charge in [0.25, 0.3) is 0 Å². The summed E-state index contributed by atoms with van der Waals surface area (Å²) < 4.78 is 0. The van der Waals surface area contributed by atoms with Gasteiger partial charge in [-0.05, 0) is 49.3 Å². The van der Waals surface area contributed by atoms with Gasteiger partial charge in [-0.15, -0.1) is 0 Å². The Balaban J connectivity index is 3.52. The summed E-state index contributed by atoms with van der Waals surface area (Å²) in [5, 5.41) is 80.6. The Hall–Kier alpha value is -9.09. The zero-order valence-electron chi connectivity index (χ0n) is 47.2. The summed E-state index contributed by atoms with van der Waals surface area (Å²) in [6, 6.07) is -14.1. The molecule has 85 heavy (non-hydrogen) atoms. The van der Waals surface area contributed by atoms with Crippen LogP contribution in [0.25, 0.3) is 0 Å². The number of carboxylic acids is 2. The number of amides is 13. The molecule has 0 fully saturated rings. The van der Waals surface area contributed by atoms with Crippen LogP contribution in [-0.2, 0) is 78.3 Å². The van der Waals surface area contributed by atoms with Gasteiger partial charge in [-0.25, -0.2) is 4.79 Å². The quantitative estimate of drug-likeness (QED) is 0.0291. The van der Waals surface area contributed by atoms with Crippen molar-refractivity contribution in [2.45, 2.75) is 152 Å². The highest BCUT2D eigenvalue weighted by molar-refractivity contribution is 6.00. The van der Waals surface area contributed by atoms with Crippen LogP contribution in [0.3, 0.4) is 0 Å². The Morgan fingerprint density at radius 1 is 0.459 bits per heavy atom. The lowest BCUT2D eigenvalue weighted by atomic mass is 9.97. The van der Waals surface area contributed by atoms with Crippen molar-refractivity contribution < 1.29 is 103 Å². The van der Waals surface area contributed by atoms with Gasteiger partial charge in [0.05, 0.1) is 39.1 Å². The van der Waals surface area contributed by atoms with Crippen molar-refractivity contribution in [3.05, 3.63) is 29.8 Å². The molecule has 1 aromatic carbocycles. The first-order chi connectivity index (χ1) is 39.7. The maximum Gasteiger partial charge on any atom is 0.326 e. The number of aromatic hydroxyl groups is 1. The number of carbonyl (C=O) groups excluding carboxylic acids is 13. The lowest BCUT2D eigenvalue weighted by Gasteiger charge is -2.29. The number of primary amides is 3. The molecule has 0 aromatic heterocycles. The van der Waals surface area contributed by atoms with E-state index >= 15 is 0 Å². The Morgan fingerprint density at radius 2 is 0.871 bits per heavy atom. The second-order valence-corrected chi connectivity index (χ2v) is 20.0. The zero-order valence-corrected chi connectivity index (χ0v) is 47.2. The number of hydrogen-bond acceptors (Lipinski definition) is 20. The molecular formula is C50H78N14O21. The molecule has 0 saturated carbocycles. The summed E-state index contributed by atoms with van der Waals surface area (Å²) in [5.74, 6) is -20.0. The number of carboxylic acid groups (broad SMARTS) is 2. The van der Waals surface area contributed by atoms with Gasteiger partial charge in [0.15, 0.2) is 0 Å². The highest BCUT2D eigenvalue weighted by Crippen LogP contribution is 2.15. The average molecular weight is 1210 g/mol. The molecule has 0 heterocycles. The highest BCUT2D eigenvalue weighted by Gasteiger charge is 2.38. The molecule has 24 N–H and O–H groups in total. The SMILES string of the molecule is CC[C@H](C)[C@H](NC(=O)[C@H](CC(=O)O)NC(=O)[C@H](CCC(N)=O)NC(=O)[C@H](CO)NC(=O)[C@H](C)NC(=O)[C@@H](N)CO)C(=O)N[C@@H](CO)C(=O)N[C@@H](CC(N)=O)C(=O)N[C@@H](Cc1ccc(O)cc1)C(=O)N[C@@H](CC(C)C)C(=O)N[C@@H](CC(N)=O)C(=O)O. The van der Waals surface area contributed by atoms with E-state index in [-0.39, 0.29) is 24.5 Å². The number of phenols is 1. The van der Waals surface area contributed by atoms with Gasteiger partial charge in [-0.2, -0.15) is 0 Å². The molecule has 0 radical (unpaired) electrons. The second kappa shape index (κ2) is 36.5. The summed E-state index contributed by atoms with van der Waals surface area (Å²) >= 11 is 0. The Bertz CT molecular complexity index is 2570. The van der Waals surface area contributed by atoms with Crippen molar-refractivity contribution in [1.82, 2.24) is 53.2 Å². The number of benzene rings is 1. The second-order valence-electron chi connectivity index (χ2n) is 20.0. The lowest BCUT2D eigenvalue weighted by Crippen LogP contribution is -2.62. The van der Waals surface area contributed by atoms with Gasteiger partial charge in [0.2, 0.25) is 76.8 Å².